The normalized spacial score (nSPS) is 12.6. The largest absolute Gasteiger partial charge is 0.472 e. The van der Waals surface area contributed by atoms with Gasteiger partial charge in [0.15, 0.2) is 6.10 Å². The predicted octanol–water partition coefficient (Wildman–Crippen LogP) is 31.6. The molecule has 3 N–H and O–H groups in total. The number of nitrogens with two attached hydrogens (primary N) is 1. The van der Waals surface area contributed by atoms with Gasteiger partial charge in [0.05, 0.1) is 13.2 Å². The summed E-state index contributed by atoms with van der Waals surface area (Å²) >= 11 is 0. The Morgan fingerprint density at radius 3 is 0.604 bits per heavy atom. The molecule has 0 aliphatic rings. The first-order chi connectivity index (χ1) is 49.8. The third-order valence-electron chi connectivity index (χ3n) is 22.0. The van der Waals surface area contributed by atoms with E-state index in [0.717, 1.165) is 32.1 Å². The fourth-order valence-electron chi connectivity index (χ4n) is 15.1. The number of unbranched alkanes of at least 4 members (excludes halogenated alkanes) is 78. The van der Waals surface area contributed by atoms with E-state index in [0.29, 0.717) is 12.8 Å². The molecule has 0 fully saturated rings. The molecule has 0 aliphatic heterocycles. The second-order valence-corrected chi connectivity index (χ2v) is 33.7. The summed E-state index contributed by atoms with van der Waals surface area (Å²) in [7, 11) is -4.39. The van der Waals surface area contributed by atoms with Gasteiger partial charge in [0.25, 0.3) is 0 Å². The van der Waals surface area contributed by atoms with Crippen molar-refractivity contribution in [2.75, 3.05) is 26.4 Å². The van der Waals surface area contributed by atoms with Crippen LogP contribution in [-0.2, 0) is 32.7 Å². The second-order valence-electron chi connectivity index (χ2n) is 32.3. The summed E-state index contributed by atoms with van der Waals surface area (Å²) in [6, 6.07) is 0. The third kappa shape index (κ3) is 87.8. The van der Waals surface area contributed by atoms with E-state index >= 15 is 0 Å². The molecule has 0 saturated heterocycles. The van der Waals surface area contributed by atoms with Gasteiger partial charge in [-0.15, -0.1) is 0 Å². The topological polar surface area (TPSA) is 134 Å². The molecule has 0 aromatic carbocycles. The van der Waals surface area contributed by atoms with Crippen LogP contribution in [0.25, 0.3) is 0 Å². The van der Waals surface area contributed by atoms with Gasteiger partial charge in [0, 0.05) is 19.4 Å². The fourth-order valence-corrected chi connectivity index (χ4v) is 15.9. The van der Waals surface area contributed by atoms with Gasteiger partial charge >= 0.3 is 19.8 Å². The molecular formula is C91H182NO8P. The zero-order valence-electron chi connectivity index (χ0n) is 68.7. The van der Waals surface area contributed by atoms with Crippen molar-refractivity contribution in [2.24, 2.45) is 5.73 Å². The molecule has 0 heterocycles. The lowest BCUT2D eigenvalue weighted by atomic mass is 10.0. The maximum Gasteiger partial charge on any atom is 0.472 e. The van der Waals surface area contributed by atoms with E-state index < -0.39 is 26.5 Å². The average molecular weight is 1450 g/mol. The molecule has 0 rings (SSSR count). The summed E-state index contributed by atoms with van der Waals surface area (Å²) in [6.45, 7) is 3.87. The fraction of sp³-hybridized carbons (Fsp3) is 0.978. The van der Waals surface area contributed by atoms with Gasteiger partial charge < -0.3 is 20.1 Å². The first-order valence-electron chi connectivity index (χ1n) is 46.5. The summed E-state index contributed by atoms with van der Waals surface area (Å²) in [5.74, 6) is -0.791. The molecule has 0 radical (unpaired) electrons. The highest BCUT2D eigenvalue weighted by atomic mass is 31.2. The maximum atomic E-state index is 12.8. The first-order valence-corrected chi connectivity index (χ1v) is 48.0. The Balaban J connectivity index is 3.65. The lowest BCUT2D eigenvalue weighted by Gasteiger charge is -2.19. The van der Waals surface area contributed by atoms with E-state index in [9.17, 15) is 19.0 Å². The number of rotatable bonds is 91. The molecule has 2 unspecified atom stereocenters. The van der Waals surface area contributed by atoms with Crippen LogP contribution >= 0.6 is 7.82 Å². The molecular weight excluding hydrogens is 1270 g/mol. The monoisotopic (exact) mass is 1450 g/mol. The molecule has 0 aromatic rings. The van der Waals surface area contributed by atoms with Crippen LogP contribution in [0.4, 0.5) is 0 Å². The highest BCUT2D eigenvalue weighted by Crippen LogP contribution is 2.43. The number of phosphoric ester groups is 1. The van der Waals surface area contributed by atoms with Gasteiger partial charge in [-0.1, -0.05) is 515 Å². The van der Waals surface area contributed by atoms with Crippen LogP contribution in [0, 0.1) is 0 Å². The van der Waals surface area contributed by atoms with Crippen LogP contribution in [0.1, 0.15) is 540 Å². The highest BCUT2D eigenvalue weighted by molar-refractivity contribution is 7.47. The number of phosphoric acid groups is 1. The SMILES string of the molecule is CCCCCCCCCCCCCCCCCCCCCCCCCCCCCCCCCCCCCCCCCCCC(=O)OC(COC(=O)CCCCCCCCCCCCCCCCCCCCCCCCCCCCCCCCCCCCCCCCC)COP(=O)(O)OCCN. The highest BCUT2D eigenvalue weighted by Gasteiger charge is 2.26. The van der Waals surface area contributed by atoms with E-state index in [4.69, 9.17) is 24.3 Å². The van der Waals surface area contributed by atoms with E-state index in [-0.39, 0.29) is 32.1 Å². The minimum absolute atomic E-state index is 0.0591. The van der Waals surface area contributed by atoms with Crippen LogP contribution < -0.4 is 5.73 Å². The van der Waals surface area contributed by atoms with Crippen molar-refractivity contribution < 1.29 is 37.6 Å². The molecule has 604 valence electrons. The average Bonchev–Trinajstić information content (AvgIpc) is 1.04. The smallest absolute Gasteiger partial charge is 0.462 e. The van der Waals surface area contributed by atoms with Gasteiger partial charge in [-0.25, -0.2) is 4.57 Å². The van der Waals surface area contributed by atoms with Crippen LogP contribution in [0.3, 0.4) is 0 Å². The van der Waals surface area contributed by atoms with Crippen molar-refractivity contribution >= 4 is 19.8 Å². The predicted molar refractivity (Wildman–Crippen MR) is 442 cm³/mol. The molecule has 0 spiro atoms. The van der Waals surface area contributed by atoms with Crippen LogP contribution in [0.15, 0.2) is 0 Å². The number of carbonyl (C=O) groups excluding carboxylic acids is 2. The molecule has 10 heteroatoms. The van der Waals surface area contributed by atoms with Crippen LogP contribution in [-0.4, -0.2) is 49.3 Å². The van der Waals surface area contributed by atoms with E-state index in [1.807, 2.05) is 0 Å². The number of carbonyl (C=O) groups is 2. The summed E-state index contributed by atoms with van der Waals surface area (Å²) in [5.41, 5.74) is 5.43. The Labute approximate surface area is 632 Å². The minimum atomic E-state index is -4.39. The summed E-state index contributed by atoms with van der Waals surface area (Å²) < 4.78 is 33.4. The van der Waals surface area contributed by atoms with E-state index in [1.54, 1.807) is 0 Å². The van der Waals surface area contributed by atoms with Gasteiger partial charge in [-0.05, 0) is 12.8 Å². The van der Waals surface area contributed by atoms with Gasteiger partial charge in [0.2, 0.25) is 0 Å². The molecule has 101 heavy (non-hydrogen) atoms. The van der Waals surface area contributed by atoms with Gasteiger partial charge in [0.1, 0.15) is 6.61 Å². The third-order valence-corrected chi connectivity index (χ3v) is 23.0. The lowest BCUT2D eigenvalue weighted by Crippen LogP contribution is -2.29. The summed E-state index contributed by atoms with van der Waals surface area (Å²) in [5, 5.41) is 0. The summed E-state index contributed by atoms with van der Waals surface area (Å²) in [4.78, 5) is 35.5. The first kappa shape index (κ1) is 100. The van der Waals surface area contributed by atoms with Gasteiger partial charge in [-0.3, -0.25) is 18.6 Å². The van der Waals surface area contributed by atoms with Crippen molar-refractivity contribution in [3.8, 4) is 0 Å². The summed E-state index contributed by atoms with van der Waals surface area (Å²) in [6.07, 6.45) is 110. The molecule has 0 amide bonds. The Bertz CT molecular complexity index is 1620. The molecule has 0 bridgehead atoms. The van der Waals surface area contributed by atoms with Crippen molar-refractivity contribution in [3.05, 3.63) is 0 Å². The van der Waals surface area contributed by atoms with Gasteiger partial charge in [-0.2, -0.15) is 0 Å². The number of esters is 2. The number of ether oxygens (including phenoxy) is 2. The maximum absolute atomic E-state index is 12.8. The Morgan fingerprint density at radius 1 is 0.257 bits per heavy atom. The van der Waals surface area contributed by atoms with E-state index in [2.05, 4.69) is 13.8 Å². The van der Waals surface area contributed by atoms with Crippen molar-refractivity contribution in [3.63, 3.8) is 0 Å². The number of hydrogen-bond donors (Lipinski definition) is 2. The molecule has 9 nitrogen and oxygen atoms in total. The standard InChI is InChI=1S/C91H182NO8P/c1-3-5-7-9-11-13-15-17-19-21-23-25-27-29-31-33-35-37-39-41-43-44-46-48-50-52-54-56-58-60-62-64-66-68-70-72-74-76-78-80-82-84-91(94)100-89(88-99-101(95,96)98-86-85-92)87-97-90(93)83-81-79-77-75-73-71-69-67-65-63-61-59-57-55-53-51-49-47-45-42-40-38-36-34-32-30-28-26-24-22-20-18-16-14-12-10-8-6-4-2/h89H,3-88,92H2,1-2H3,(H,95,96). The lowest BCUT2D eigenvalue weighted by molar-refractivity contribution is -0.161. The Morgan fingerprint density at radius 2 is 0.426 bits per heavy atom. The van der Waals surface area contributed by atoms with Crippen molar-refractivity contribution in [1.29, 1.82) is 0 Å². The van der Waals surface area contributed by atoms with Crippen molar-refractivity contribution in [2.45, 2.75) is 546 Å². The van der Waals surface area contributed by atoms with E-state index in [1.165, 1.54) is 475 Å². The molecule has 0 saturated carbocycles. The molecule has 2 atom stereocenters. The quantitative estimate of drug-likeness (QED) is 0.0347. The zero-order valence-corrected chi connectivity index (χ0v) is 69.6. The minimum Gasteiger partial charge on any atom is -0.462 e. The Hall–Kier alpha value is -0.990. The number of hydrogen-bond acceptors (Lipinski definition) is 8. The molecule has 0 aromatic heterocycles. The van der Waals surface area contributed by atoms with Crippen molar-refractivity contribution in [1.82, 2.24) is 0 Å². The van der Waals surface area contributed by atoms with Crippen LogP contribution in [0.5, 0.6) is 0 Å². The molecule has 0 aliphatic carbocycles. The second kappa shape index (κ2) is 87.9. The zero-order chi connectivity index (χ0) is 72.9. The Kier molecular flexibility index (Phi) is 87.1. The van der Waals surface area contributed by atoms with Crippen LogP contribution in [0.2, 0.25) is 0 Å².